The predicted molar refractivity (Wildman–Crippen MR) is 65.0 cm³/mol. The first-order valence-electron chi connectivity index (χ1n) is 5.12. The Morgan fingerprint density at radius 1 is 1.62 bits per heavy atom. The molecule has 0 bridgehead atoms. The SMILES string of the molecule is NNc1ncnc(N2CCCC2CO)c1Br. The summed E-state index contributed by atoms with van der Waals surface area (Å²) in [4.78, 5) is 10.3. The molecular weight excluding hydrogens is 274 g/mol. The lowest BCUT2D eigenvalue weighted by Crippen LogP contribution is -2.33. The second-order valence-corrected chi connectivity index (χ2v) is 4.47. The Kier molecular flexibility index (Phi) is 3.57. The van der Waals surface area contributed by atoms with Gasteiger partial charge in [0, 0.05) is 6.54 Å². The minimum Gasteiger partial charge on any atom is -0.394 e. The number of hydrazine groups is 1. The van der Waals surface area contributed by atoms with Gasteiger partial charge in [-0.3, -0.25) is 0 Å². The molecule has 0 spiro atoms. The van der Waals surface area contributed by atoms with Gasteiger partial charge in [0.25, 0.3) is 0 Å². The maximum atomic E-state index is 9.27. The van der Waals surface area contributed by atoms with Crippen molar-refractivity contribution in [1.29, 1.82) is 0 Å². The lowest BCUT2D eigenvalue weighted by atomic mass is 10.2. The molecule has 1 unspecified atom stereocenters. The number of aromatic nitrogens is 2. The zero-order valence-corrected chi connectivity index (χ0v) is 10.3. The number of nitrogen functional groups attached to an aromatic ring is 1. The van der Waals surface area contributed by atoms with Gasteiger partial charge in [0.2, 0.25) is 0 Å². The molecule has 0 aliphatic carbocycles. The van der Waals surface area contributed by atoms with Gasteiger partial charge >= 0.3 is 0 Å². The highest BCUT2D eigenvalue weighted by molar-refractivity contribution is 9.10. The number of aliphatic hydroxyl groups excluding tert-OH is 1. The summed E-state index contributed by atoms with van der Waals surface area (Å²) in [7, 11) is 0. The van der Waals surface area contributed by atoms with Crippen molar-refractivity contribution in [3.63, 3.8) is 0 Å². The van der Waals surface area contributed by atoms with Crippen LogP contribution < -0.4 is 16.2 Å². The monoisotopic (exact) mass is 287 g/mol. The Hall–Kier alpha value is -0.920. The van der Waals surface area contributed by atoms with Crippen LogP contribution in [0, 0.1) is 0 Å². The molecule has 1 aromatic heterocycles. The Bertz CT molecular complexity index is 375. The van der Waals surface area contributed by atoms with E-state index in [1.165, 1.54) is 6.33 Å². The van der Waals surface area contributed by atoms with Crippen molar-refractivity contribution in [2.75, 3.05) is 23.5 Å². The molecule has 16 heavy (non-hydrogen) atoms. The lowest BCUT2D eigenvalue weighted by Gasteiger charge is -2.25. The van der Waals surface area contributed by atoms with E-state index in [1.54, 1.807) is 0 Å². The number of hydrogen-bond donors (Lipinski definition) is 3. The molecule has 1 saturated heterocycles. The minimum absolute atomic E-state index is 0.136. The van der Waals surface area contributed by atoms with Crippen LogP contribution in [0.3, 0.4) is 0 Å². The highest BCUT2D eigenvalue weighted by atomic mass is 79.9. The second kappa shape index (κ2) is 4.94. The topological polar surface area (TPSA) is 87.3 Å². The smallest absolute Gasteiger partial charge is 0.159 e. The van der Waals surface area contributed by atoms with Crippen molar-refractivity contribution < 1.29 is 5.11 Å². The number of nitrogens with one attached hydrogen (secondary N) is 1. The summed E-state index contributed by atoms with van der Waals surface area (Å²) in [6.07, 6.45) is 3.51. The van der Waals surface area contributed by atoms with Gasteiger partial charge in [0.05, 0.1) is 12.6 Å². The van der Waals surface area contributed by atoms with Crippen molar-refractivity contribution in [3.8, 4) is 0 Å². The van der Waals surface area contributed by atoms with Gasteiger partial charge in [-0.15, -0.1) is 0 Å². The van der Waals surface area contributed by atoms with Crippen LogP contribution in [-0.4, -0.2) is 34.3 Å². The number of nitrogens with two attached hydrogens (primary N) is 1. The highest BCUT2D eigenvalue weighted by Crippen LogP contribution is 2.33. The molecule has 0 radical (unpaired) electrons. The van der Waals surface area contributed by atoms with Gasteiger partial charge < -0.3 is 15.4 Å². The van der Waals surface area contributed by atoms with Crippen LogP contribution in [0.15, 0.2) is 10.8 Å². The molecule has 2 rings (SSSR count). The molecule has 1 fully saturated rings. The third-order valence-corrected chi connectivity index (χ3v) is 3.50. The van der Waals surface area contributed by atoms with Crippen LogP contribution in [0.2, 0.25) is 0 Å². The maximum Gasteiger partial charge on any atom is 0.159 e. The molecule has 0 aromatic carbocycles. The molecular formula is C9H14BrN5O. The van der Waals surface area contributed by atoms with Crippen molar-refractivity contribution in [3.05, 3.63) is 10.8 Å². The number of aliphatic hydroxyl groups is 1. The standard InChI is InChI=1S/C9H14BrN5O/c10-7-8(14-11)12-5-13-9(7)15-3-1-2-6(15)4-16/h5-6,16H,1-4,11H2,(H,12,13,14). The van der Waals surface area contributed by atoms with Crippen molar-refractivity contribution in [2.24, 2.45) is 5.84 Å². The third kappa shape index (κ3) is 1.98. The van der Waals surface area contributed by atoms with E-state index in [0.717, 1.165) is 29.7 Å². The summed E-state index contributed by atoms with van der Waals surface area (Å²) in [5.74, 6) is 6.67. The molecule has 0 amide bonds. The van der Waals surface area contributed by atoms with E-state index in [2.05, 4.69) is 36.2 Å². The lowest BCUT2D eigenvalue weighted by molar-refractivity contribution is 0.266. The maximum absolute atomic E-state index is 9.27. The fourth-order valence-electron chi connectivity index (χ4n) is 1.97. The first kappa shape index (κ1) is 11.6. The van der Waals surface area contributed by atoms with Gasteiger partial charge in [-0.1, -0.05) is 0 Å². The van der Waals surface area contributed by atoms with Crippen LogP contribution in [0.5, 0.6) is 0 Å². The predicted octanol–water partition coefficient (Wildman–Crippen LogP) is 0.486. The summed E-state index contributed by atoms with van der Waals surface area (Å²) < 4.78 is 0.734. The van der Waals surface area contributed by atoms with Crippen LogP contribution >= 0.6 is 15.9 Å². The molecule has 4 N–H and O–H groups in total. The quantitative estimate of drug-likeness (QED) is 0.554. The fraction of sp³-hybridized carbons (Fsp3) is 0.556. The van der Waals surface area contributed by atoms with Crippen LogP contribution in [0.1, 0.15) is 12.8 Å². The Labute approximate surface area is 102 Å². The molecule has 1 atom stereocenters. The van der Waals surface area contributed by atoms with E-state index in [9.17, 15) is 5.11 Å². The minimum atomic E-state index is 0.136. The highest BCUT2D eigenvalue weighted by Gasteiger charge is 2.27. The number of anilines is 2. The molecule has 7 heteroatoms. The third-order valence-electron chi connectivity index (χ3n) is 2.77. The summed E-state index contributed by atoms with van der Waals surface area (Å²) in [6.45, 7) is 1.03. The largest absolute Gasteiger partial charge is 0.394 e. The van der Waals surface area contributed by atoms with E-state index in [1.807, 2.05) is 0 Å². The van der Waals surface area contributed by atoms with Crippen LogP contribution in [-0.2, 0) is 0 Å². The second-order valence-electron chi connectivity index (χ2n) is 3.68. The Balaban J connectivity index is 2.32. The number of halogens is 1. The molecule has 0 saturated carbocycles. The van der Waals surface area contributed by atoms with Gasteiger partial charge in [0.1, 0.15) is 16.6 Å². The van der Waals surface area contributed by atoms with Crippen molar-refractivity contribution in [2.45, 2.75) is 18.9 Å². The van der Waals surface area contributed by atoms with Gasteiger partial charge in [0.15, 0.2) is 5.82 Å². The van der Waals surface area contributed by atoms with Crippen molar-refractivity contribution in [1.82, 2.24) is 9.97 Å². The van der Waals surface area contributed by atoms with Gasteiger partial charge in [-0.25, -0.2) is 15.8 Å². The molecule has 1 aromatic rings. The first-order chi connectivity index (χ1) is 7.77. The van der Waals surface area contributed by atoms with E-state index in [0.29, 0.717) is 5.82 Å². The Morgan fingerprint density at radius 2 is 2.44 bits per heavy atom. The van der Waals surface area contributed by atoms with E-state index in [4.69, 9.17) is 5.84 Å². The molecule has 1 aliphatic rings. The summed E-state index contributed by atoms with van der Waals surface area (Å²) in [6, 6.07) is 0.136. The van der Waals surface area contributed by atoms with Crippen LogP contribution in [0.25, 0.3) is 0 Å². The summed E-state index contributed by atoms with van der Waals surface area (Å²) in [5, 5.41) is 9.27. The van der Waals surface area contributed by atoms with Gasteiger partial charge in [-0.05, 0) is 28.8 Å². The van der Waals surface area contributed by atoms with E-state index >= 15 is 0 Å². The summed E-state index contributed by atoms with van der Waals surface area (Å²) in [5.41, 5.74) is 2.50. The van der Waals surface area contributed by atoms with Gasteiger partial charge in [-0.2, -0.15) is 0 Å². The number of rotatable bonds is 3. The van der Waals surface area contributed by atoms with E-state index < -0.39 is 0 Å². The van der Waals surface area contributed by atoms with E-state index in [-0.39, 0.29) is 12.6 Å². The first-order valence-corrected chi connectivity index (χ1v) is 5.92. The molecule has 88 valence electrons. The van der Waals surface area contributed by atoms with Crippen LogP contribution in [0.4, 0.5) is 11.6 Å². The normalized spacial score (nSPS) is 20.2. The molecule has 1 aliphatic heterocycles. The Morgan fingerprint density at radius 3 is 3.12 bits per heavy atom. The summed E-state index contributed by atoms with van der Waals surface area (Å²) >= 11 is 3.42. The zero-order valence-electron chi connectivity index (χ0n) is 8.73. The number of hydrogen-bond acceptors (Lipinski definition) is 6. The molecule has 2 heterocycles. The average Bonchev–Trinajstić information content (AvgIpc) is 2.77. The average molecular weight is 288 g/mol. The zero-order chi connectivity index (χ0) is 11.5. The fourth-order valence-corrected chi connectivity index (χ4v) is 2.51. The van der Waals surface area contributed by atoms with Crippen molar-refractivity contribution >= 4 is 27.6 Å². The molecule has 6 nitrogen and oxygen atoms in total. The number of nitrogens with zero attached hydrogens (tertiary/aromatic N) is 3.